The Morgan fingerprint density at radius 2 is 0.740 bits per heavy atom. The van der Waals surface area contributed by atoms with Crippen LogP contribution in [0.15, 0.2) is 146 Å². The molecule has 6 aromatic carbocycles. The summed E-state index contributed by atoms with van der Waals surface area (Å²) in [4.78, 5) is 0. The number of benzene rings is 6. The minimum Gasteiger partial charge on any atom is -1.00 e. The van der Waals surface area contributed by atoms with Gasteiger partial charge in [-0.15, -0.1) is 0 Å². The molecule has 8 rings (SSSR count). The summed E-state index contributed by atoms with van der Waals surface area (Å²) in [7, 11) is 0. The maximum absolute atomic E-state index is 2.83. The van der Waals surface area contributed by atoms with E-state index >= 15 is 0 Å². The van der Waals surface area contributed by atoms with Crippen molar-refractivity contribution in [3.8, 4) is 22.3 Å². The van der Waals surface area contributed by atoms with E-state index in [0.717, 1.165) is 0 Å². The van der Waals surface area contributed by atoms with E-state index in [1.807, 2.05) is 0 Å². The molecule has 6 aromatic rings. The summed E-state index contributed by atoms with van der Waals surface area (Å²) < 4.78 is 0.884. The van der Waals surface area contributed by atoms with Gasteiger partial charge in [0.25, 0.3) is 0 Å². The second-order valence-electron chi connectivity index (χ2n) is 15.7. The van der Waals surface area contributed by atoms with Crippen molar-refractivity contribution in [2.75, 3.05) is 0 Å². The SMILES string of the molecule is CC(C)(C)c1ccc2c(c1)[CH]([Zr+2]([CH]1c3ccccc3-c3ccc(C(C)(C)C)cc31)=[Si](c1ccccc1)c1ccccc1)c1ccccc1-2.[Cl-].[Cl-]. The molecule has 0 fully saturated rings. The van der Waals surface area contributed by atoms with E-state index in [2.05, 4.69) is 187 Å². The first-order chi connectivity index (χ1) is 23.1. The summed E-state index contributed by atoms with van der Waals surface area (Å²) in [5, 5.41) is 3.14. The third-order valence-corrected chi connectivity index (χ3v) is 31.1. The fourth-order valence-corrected chi connectivity index (χ4v) is 32.7. The Kier molecular flexibility index (Phi) is 10.4. The molecule has 250 valence electrons. The predicted molar refractivity (Wildman–Crippen MR) is 203 cm³/mol. The topological polar surface area (TPSA) is 0 Å². The summed E-state index contributed by atoms with van der Waals surface area (Å²) in [5.74, 6) is 0. The molecule has 0 heterocycles. The van der Waals surface area contributed by atoms with E-state index in [1.165, 1.54) is 33.4 Å². The van der Waals surface area contributed by atoms with Crippen molar-refractivity contribution >= 4 is 15.8 Å². The molecule has 0 spiro atoms. The van der Waals surface area contributed by atoms with Crippen LogP contribution in [-0.4, -0.2) is 5.43 Å². The van der Waals surface area contributed by atoms with Crippen LogP contribution in [0, 0.1) is 0 Å². The number of hydrogen-bond acceptors (Lipinski definition) is 0. The Morgan fingerprint density at radius 1 is 0.400 bits per heavy atom. The number of rotatable bonds is 4. The van der Waals surface area contributed by atoms with Crippen LogP contribution in [-0.2, 0) is 31.2 Å². The Morgan fingerprint density at radius 3 is 1.12 bits per heavy atom. The van der Waals surface area contributed by atoms with Crippen molar-refractivity contribution < 1.29 is 45.2 Å². The van der Waals surface area contributed by atoms with Gasteiger partial charge in [0.1, 0.15) is 0 Å². The van der Waals surface area contributed by atoms with Gasteiger partial charge in [-0.05, 0) is 0 Å². The van der Waals surface area contributed by atoms with Gasteiger partial charge in [-0.1, -0.05) is 0 Å². The first kappa shape index (κ1) is 36.8. The van der Waals surface area contributed by atoms with Crippen LogP contribution >= 0.6 is 0 Å². The Balaban J connectivity index is 0.00000216. The molecule has 2 atom stereocenters. The second kappa shape index (κ2) is 14.2. The van der Waals surface area contributed by atoms with E-state index in [-0.39, 0.29) is 35.6 Å². The minimum atomic E-state index is -2.83. The number of hydrogen-bond donors (Lipinski definition) is 0. The minimum absolute atomic E-state index is 0. The molecule has 0 saturated carbocycles. The average Bonchev–Trinajstić information content (AvgIpc) is 3.59. The van der Waals surface area contributed by atoms with Gasteiger partial charge in [0.2, 0.25) is 0 Å². The molecule has 0 aliphatic heterocycles. The Labute approximate surface area is 319 Å². The predicted octanol–water partition coefficient (Wildman–Crippen LogP) is 4.55. The molecule has 50 heavy (non-hydrogen) atoms. The second-order valence-corrected chi connectivity index (χ2v) is 29.8. The van der Waals surface area contributed by atoms with Crippen LogP contribution in [0.5, 0.6) is 0 Å². The fourth-order valence-electron chi connectivity index (χ4n) is 8.18. The smallest absolute Gasteiger partial charge is 1.00 e. The van der Waals surface area contributed by atoms with Gasteiger partial charge >= 0.3 is 297 Å². The maximum Gasteiger partial charge on any atom is -1.00 e. The van der Waals surface area contributed by atoms with E-state index in [1.54, 1.807) is 32.6 Å². The molecule has 0 amide bonds. The van der Waals surface area contributed by atoms with Gasteiger partial charge < -0.3 is 24.8 Å². The molecule has 2 aliphatic carbocycles. The van der Waals surface area contributed by atoms with Gasteiger partial charge in [-0.25, -0.2) is 0 Å². The van der Waals surface area contributed by atoms with Crippen molar-refractivity contribution in [2.24, 2.45) is 0 Å². The Hall–Kier alpha value is -3.00. The van der Waals surface area contributed by atoms with E-state index in [0.29, 0.717) is 7.25 Å². The third-order valence-electron chi connectivity index (χ3n) is 10.6. The summed E-state index contributed by atoms with van der Waals surface area (Å²) in [6.07, 6.45) is 0. The summed E-state index contributed by atoms with van der Waals surface area (Å²) >= 11 is -2.83. The zero-order chi connectivity index (χ0) is 33.2. The van der Waals surface area contributed by atoms with E-state index in [9.17, 15) is 0 Å². The normalized spacial score (nSPS) is 15.3. The van der Waals surface area contributed by atoms with Crippen molar-refractivity contribution in [3.05, 3.63) is 179 Å². The third kappa shape index (κ3) is 6.36. The van der Waals surface area contributed by atoms with Gasteiger partial charge in [0.05, 0.1) is 0 Å². The molecule has 2 aliphatic rings. The molecule has 0 nitrogen and oxygen atoms in total. The van der Waals surface area contributed by atoms with Crippen molar-refractivity contribution in [1.29, 1.82) is 0 Å². The standard InChI is InChI=1S/2C17H17.C12H10Si.2ClH.Zr/c2*1-17(2,3)14-8-9-16-13(11-14)10-12-6-4-5-7-15(12)16;1-3-7-11(8-4-1)13-12-9-5-2-6-10-12;;;/h2*4-11H,1-3H3;1-10H;2*1H;/q;;;;;+2/p-2. The summed E-state index contributed by atoms with van der Waals surface area (Å²) in [6.45, 7) is 14.2. The first-order valence-corrected chi connectivity index (χ1v) is 25.5. The molecule has 0 radical (unpaired) electrons. The van der Waals surface area contributed by atoms with Crippen molar-refractivity contribution in [2.45, 2.75) is 59.6 Å². The number of halogens is 2. The zero-order valence-electron chi connectivity index (χ0n) is 29.8. The molecule has 4 heteroatoms. The van der Waals surface area contributed by atoms with Crippen LogP contribution in [0.1, 0.15) is 82.2 Å². The fraction of sp³-hybridized carbons (Fsp3) is 0.217. The summed E-state index contributed by atoms with van der Waals surface area (Å²) in [6, 6.07) is 57.2. The quantitative estimate of drug-likeness (QED) is 0.231. The summed E-state index contributed by atoms with van der Waals surface area (Å²) in [5.41, 5.74) is 14.0. The van der Waals surface area contributed by atoms with Gasteiger partial charge in [0, 0.05) is 0 Å². The van der Waals surface area contributed by atoms with E-state index in [4.69, 9.17) is 0 Å². The van der Waals surface area contributed by atoms with Crippen LogP contribution in [0.3, 0.4) is 0 Å². The Bertz CT molecular complexity index is 2050. The zero-order valence-corrected chi connectivity index (χ0v) is 34.7. The molecule has 2 unspecified atom stereocenters. The maximum atomic E-state index is 2.63. The molecular weight excluding hydrogens is 743 g/mol. The van der Waals surface area contributed by atoms with Crippen molar-refractivity contribution in [1.82, 2.24) is 0 Å². The van der Waals surface area contributed by atoms with Crippen LogP contribution in [0.4, 0.5) is 0 Å². The molecule has 0 bridgehead atoms. The molecular formula is C46H44Cl2SiZr. The first-order valence-electron chi connectivity index (χ1n) is 17.4. The molecule has 0 aromatic heterocycles. The molecule has 0 N–H and O–H groups in total. The molecule has 0 saturated heterocycles. The average molecular weight is 787 g/mol. The van der Waals surface area contributed by atoms with Crippen molar-refractivity contribution in [3.63, 3.8) is 0 Å². The monoisotopic (exact) mass is 784 g/mol. The van der Waals surface area contributed by atoms with E-state index < -0.39 is 25.8 Å². The van der Waals surface area contributed by atoms with Crippen LogP contribution in [0.25, 0.3) is 22.3 Å². The van der Waals surface area contributed by atoms with Crippen LogP contribution < -0.4 is 35.2 Å². The van der Waals surface area contributed by atoms with Gasteiger partial charge in [-0.2, -0.15) is 0 Å². The number of fused-ring (bicyclic) bond motifs is 6. The largest absolute Gasteiger partial charge is 1.00 e. The van der Waals surface area contributed by atoms with Gasteiger partial charge in [0.15, 0.2) is 0 Å². The van der Waals surface area contributed by atoms with Crippen LogP contribution in [0.2, 0.25) is 0 Å². The van der Waals surface area contributed by atoms with Gasteiger partial charge in [-0.3, -0.25) is 0 Å².